The predicted molar refractivity (Wildman–Crippen MR) is 96.5 cm³/mol. The van der Waals surface area contributed by atoms with Gasteiger partial charge in [0.15, 0.2) is 0 Å². The minimum Gasteiger partial charge on any atom is -0.497 e. The fourth-order valence-electron chi connectivity index (χ4n) is 3.51. The largest absolute Gasteiger partial charge is 0.497 e. The molecule has 2 heterocycles. The Morgan fingerprint density at radius 1 is 1.38 bits per heavy atom. The van der Waals surface area contributed by atoms with Crippen molar-refractivity contribution >= 4 is 16.8 Å². The van der Waals surface area contributed by atoms with Gasteiger partial charge in [-0.3, -0.25) is 9.69 Å². The van der Waals surface area contributed by atoms with Crippen molar-refractivity contribution in [3.63, 3.8) is 0 Å². The maximum atomic E-state index is 12.5. The molecule has 1 fully saturated rings. The first-order valence-electron chi connectivity index (χ1n) is 8.81. The Bertz CT molecular complexity index is 695. The Labute approximate surface area is 143 Å². The highest BCUT2D eigenvalue weighted by Crippen LogP contribution is 2.23. The molecular formula is C19H27N3O2. The van der Waals surface area contributed by atoms with Crippen LogP contribution < -0.4 is 10.1 Å². The third-order valence-electron chi connectivity index (χ3n) is 4.99. The van der Waals surface area contributed by atoms with E-state index in [1.165, 1.54) is 18.4 Å². The molecule has 1 aliphatic rings. The van der Waals surface area contributed by atoms with E-state index in [-0.39, 0.29) is 11.9 Å². The number of ether oxygens (including phenoxy) is 1. The molecule has 0 aliphatic carbocycles. The topological polar surface area (TPSA) is 57.4 Å². The molecule has 0 bridgehead atoms. The zero-order chi connectivity index (χ0) is 16.9. The summed E-state index contributed by atoms with van der Waals surface area (Å²) in [5.41, 5.74) is 2.30. The van der Waals surface area contributed by atoms with Crippen LogP contribution in [0.1, 0.15) is 31.2 Å². The Kier molecular flexibility index (Phi) is 5.41. The van der Waals surface area contributed by atoms with Crippen LogP contribution in [0.3, 0.4) is 0 Å². The van der Waals surface area contributed by atoms with Crippen molar-refractivity contribution in [3.8, 4) is 5.75 Å². The number of likely N-dealkylation sites (tertiary alicyclic amines) is 1. The Balaban J connectivity index is 1.59. The van der Waals surface area contributed by atoms with Crippen molar-refractivity contribution in [3.05, 3.63) is 30.0 Å². The Morgan fingerprint density at radius 3 is 3.08 bits per heavy atom. The molecule has 0 saturated carbocycles. The number of benzene rings is 1. The zero-order valence-electron chi connectivity index (χ0n) is 14.6. The first-order chi connectivity index (χ1) is 11.7. The van der Waals surface area contributed by atoms with Crippen LogP contribution >= 0.6 is 0 Å². The van der Waals surface area contributed by atoms with Crippen LogP contribution in [0, 0.1) is 0 Å². The highest BCUT2D eigenvalue weighted by molar-refractivity contribution is 5.85. The van der Waals surface area contributed by atoms with Gasteiger partial charge in [-0.1, -0.05) is 12.8 Å². The van der Waals surface area contributed by atoms with E-state index in [4.69, 9.17) is 4.74 Å². The zero-order valence-corrected chi connectivity index (χ0v) is 14.6. The molecule has 0 radical (unpaired) electrons. The molecule has 1 aliphatic heterocycles. The number of amides is 1. The summed E-state index contributed by atoms with van der Waals surface area (Å²) in [6.07, 6.45) is 7.36. The van der Waals surface area contributed by atoms with Crippen molar-refractivity contribution in [2.75, 3.05) is 27.2 Å². The van der Waals surface area contributed by atoms with E-state index in [1.54, 1.807) is 7.11 Å². The number of hydrogen-bond donors (Lipinski definition) is 2. The third-order valence-corrected chi connectivity index (χ3v) is 4.99. The lowest BCUT2D eigenvalue weighted by molar-refractivity contribution is -0.126. The van der Waals surface area contributed by atoms with Crippen LogP contribution in [0.25, 0.3) is 10.9 Å². The van der Waals surface area contributed by atoms with Gasteiger partial charge < -0.3 is 15.0 Å². The van der Waals surface area contributed by atoms with E-state index < -0.39 is 0 Å². The van der Waals surface area contributed by atoms with E-state index >= 15 is 0 Å². The number of carbonyl (C=O) groups is 1. The summed E-state index contributed by atoms with van der Waals surface area (Å²) in [6.45, 7) is 1.67. The van der Waals surface area contributed by atoms with E-state index in [1.807, 2.05) is 24.4 Å². The fourth-order valence-corrected chi connectivity index (χ4v) is 3.51. The van der Waals surface area contributed by atoms with Crippen LogP contribution in [0.4, 0.5) is 0 Å². The number of nitrogens with one attached hydrogen (secondary N) is 2. The molecule has 1 aromatic heterocycles. The van der Waals surface area contributed by atoms with Gasteiger partial charge in [0.25, 0.3) is 0 Å². The van der Waals surface area contributed by atoms with Crippen molar-refractivity contribution < 1.29 is 9.53 Å². The number of hydrogen-bond acceptors (Lipinski definition) is 3. The maximum Gasteiger partial charge on any atom is 0.237 e. The minimum atomic E-state index is 0.0237. The van der Waals surface area contributed by atoms with Crippen LogP contribution in [-0.2, 0) is 11.2 Å². The second kappa shape index (κ2) is 7.71. The average Bonchev–Trinajstić information content (AvgIpc) is 2.86. The van der Waals surface area contributed by atoms with Gasteiger partial charge in [-0.2, -0.15) is 0 Å². The lowest BCUT2D eigenvalue weighted by atomic mass is 10.1. The fraction of sp³-hybridized carbons (Fsp3) is 0.526. The average molecular weight is 329 g/mol. The number of methoxy groups -OCH3 is 1. The summed E-state index contributed by atoms with van der Waals surface area (Å²) in [5.74, 6) is 1.02. The molecule has 0 spiro atoms. The van der Waals surface area contributed by atoms with E-state index in [0.717, 1.165) is 42.5 Å². The quantitative estimate of drug-likeness (QED) is 0.887. The van der Waals surface area contributed by atoms with E-state index in [2.05, 4.69) is 22.2 Å². The molecule has 1 unspecified atom stereocenters. The summed E-state index contributed by atoms with van der Waals surface area (Å²) in [6, 6.07) is 6.04. The Hall–Kier alpha value is -2.01. The van der Waals surface area contributed by atoms with Gasteiger partial charge in [0, 0.05) is 23.6 Å². The summed E-state index contributed by atoms with van der Waals surface area (Å²) < 4.78 is 5.30. The summed E-state index contributed by atoms with van der Waals surface area (Å²) >= 11 is 0. The normalized spacial score (nSPS) is 19.2. The maximum absolute atomic E-state index is 12.5. The van der Waals surface area contributed by atoms with Crippen molar-refractivity contribution in [2.24, 2.45) is 0 Å². The number of aromatic amines is 1. The number of H-pyrrole nitrogens is 1. The monoisotopic (exact) mass is 329 g/mol. The molecule has 1 saturated heterocycles. The molecule has 3 rings (SSSR count). The predicted octanol–water partition coefficient (Wildman–Crippen LogP) is 2.71. The molecule has 24 heavy (non-hydrogen) atoms. The van der Waals surface area contributed by atoms with Gasteiger partial charge in [-0.15, -0.1) is 0 Å². The minimum absolute atomic E-state index is 0.0237. The molecule has 130 valence electrons. The van der Waals surface area contributed by atoms with Crippen LogP contribution in [0.15, 0.2) is 24.4 Å². The number of rotatable bonds is 5. The molecular weight excluding hydrogens is 302 g/mol. The van der Waals surface area contributed by atoms with Gasteiger partial charge >= 0.3 is 0 Å². The van der Waals surface area contributed by atoms with E-state index in [9.17, 15) is 4.79 Å². The smallest absolute Gasteiger partial charge is 0.237 e. The number of fused-ring (bicyclic) bond motifs is 1. The van der Waals surface area contributed by atoms with Crippen LogP contribution in [0.2, 0.25) is 0 Å². The molecule has 1 atom stereocenters. The van der Waals surface area contributed by atoms with Gasteiger partial charge in [-0.05, 0) is 56.6 Å². The molecule has 1 aromatic carbocycles. The van der Waals surface area contributed by atoms with Crippen LogP contribution in [-0.4, -0.2) is 49.1 Å². The van der Waals surface area contributed by atoms with Gasteiger partial charge in [0.1, 0.15) is 5.75 Å². The van der Waals surface area contributed by atoms with Crippen molar-refractivity contribution in [1.82, 2.24) is 15.2 Å². The lowest BCUT2D eigenvalue weighted by Gasteiger charge is -2.24. The number of nitrogens with zero attached hydrogens (tertiary/aromatic N) is 1. The highest BCUT2D eigenvalue weighted by Gasteiger charge is 2.24. The summed E-state index contributed by atoms with van der Waals surface area (Å²) in [7, 11) is 3.73. The molecule has 1 amide bonds. The molecule has 2 N–H and O–H groups in total. The molecule has 2 aromatic rings. The highest BCUT2D eigenvalue weighted by atomic mass is 16.5. The Morgan fingerprint density at radius 2 is 2.25 bits per heavy atom. The summed E-state index contributed by atoms with van der Waals surface area (Å²) in [4.78, 5) is 17.9. The van der Waals surface area contributed by atoms with Gasteiger partial charge in [0.2, 0.25) is 5.91 Å². The van der Waals surface area contributed by atoms with Crippen molar-refractivity contribution in [1.29, 1.82) is 0 Å². The number of likely N-dealkylation sites (N-methyl/N-ethyl adjacent to an activating group) is 1. The first-order valence-corrected chi connectivity index (χ1v) is 8.81. The van der Waals surface area contributed by atoms with Gasteiger partial charge in [-0.25, -0.2) is 0 Å². The molecule has 5 heteroatoms. The third kappa shape index (κ3) is 3.73. The van der Waals surface area contributed by atoms with Gasteiger partial charge in [0.05, 0.1) is 13.2 Å². The van der Waals surface area contributed by atoms with E-state index in [0.29, 0.717) is 6.54 Å². The number of carbonyl (C=O) groups excluding carboxylic acids is 1. The first kappa shape index (κ1) is 16.8. The molecule has 5 nitrogen and oxygen atoms in total. The van der Waals surface area contributed by atoms with Crippen molar-refractivity contribution in [2.45, 2.75) is 38.1 Å². The SMILES string of the molecule is COc1ccc2[nH]cc(CCNC(=O)C3CCCCCN3C)c2c1. The summed E-state index contributed by atoms with van der Waals surface area (Å²) in [5, 5.41) is 4.28. The second-order valence-corrected chi connectivity index (χ2v) is 6.61. The second-order valence-electron chi connectivity index (χ2n) is 6.61. The number of aromatic nitrogens is 1. The standard InChI is InChI=1S/C19H27N3O2/c1-22-11-5-3-4-6-18(22)19(23)20-10-9-14-13-21-17-8-7-15(24-2)12-16(14)17/h7-8,12-13,18,21H,3-6,9-11H2,1-2H3,(H,20,23). The lowest BCUT2D eigenvalue weighted by Crippen LogP contribution is -2.45. The van der Waals surface area contributed by atoms with Crippen LogP contribution in [0.5, 0.6) is 5.75 Å².